The summed E-state index contributed by atoms with van der Waals surface area (Å²) < 4.78 is 32.5. The molecule has 2 saturated heterocycles. The quantitative estimate of drug-likeness (QED) is 0.209. The van der Waals surface area contributed by atoms with Gasteiger partial charge >= 0.3 is 5.97 Å². The molecular formula is C37H39IO9. The van der Waals surface area contributed by atoms with Gasteiger partial charge in [0.15, 0.2) is 17.3 Å². The number of methoxy groups -OCH3 is 1. The molecule has 3 unspecified atom stereocenters. The van der Waals surface area contributed by atoms with E-state index in [1.807, 2.05) is 72.0 Å². The number of esters is 1. The van der Waals surface area contributed by atoms with Crippen LogP contribution in [0.2, 0.25) is 0 Å². The molecule has 3 bridgehead atoms. The summed E-state index contributed by atoms with van der Waals surface area (Å²) in [6.45, 7) is 9.99. The molecule has 9 nitrogen and oxygen atoms in total. The van der Waals surface area contributed by atoms with E-state index < -0.39 is 46.7 Å². The van der Waals surface area contributed by atoms with E-state index in [2.05, 4.69) is 13.5 Å². The third kappa shape index (κ3) is 4.85. The van der Waals surface area contributed by atoms with Crippen LogP contribution in [0.1, 0.15) is 44.7 Å². The van der Waals surface area contributed by atoms with Crippen LogP contribution in [-0.2, 0) is 41.4 Å². The molecule has 0 radical (unpaired) electrons. The second-order valence-electron chi connectivity index (χ2n) is 13.8. The van der Waals surface area contributed by atoms with Gasteiger partial charge in [-0.05, 0) is 88.8 Å². The monoisotopic (exact) mass is 754 g/mol. The highest BCUT2D eigenvalue weighted by molar-refractivity contribution is 14.1. The van der Waals surface area contributed by atoms with Crippen LogP contribution >= 0.6 is 22.6 Å². The van der Waals surface area contributed by atoms with E-state index in [9.17, 15) is 19.8 Å². The number of hydrogen-bond donors (Lipinski definition) is 2. The fourth-order valence-corrected chi connectivity index (χ4v) is 9.43. The van der Waals surface area contributed by atoms with Crippen molar-refractivity contribution in [1.82, 2.24) is 0 Å². The average molecular weight is 755 g/mol. The lowest BCUT2D eigenvalue weighted by Crippen LogP contribution is -2.70. The summed E-state index contributed by atoms with van der Waals surface area (Å²) in [6.07, 6.45) is 4.13. The number of halogens is 1. The maximum Gasteiger partial charge on any atom is 0.310 e. The van der Waals surface area contributed by atoms with E-state index in [-0.39, 0.29) is 42.6 Å². The summed E-state index contributed by atoms with van der Waals surface area (Å²) in [5.74, 6) is -3.34. The third-order valence-electron chi connectivity index (χ3n) is 10.8. The molecule has 0 spiro atoms. The third-order valence-corrected chi connectivity index (χ3v) is 11.6. The number of ketones is 1. The van der Waals surface area contributed by atoms with Gasteiger partial charge in [0, 0.05) is 18.3 Å². The maximum absolute atomic E-state index is 13.8. The smallest absolute Gasteiger partial charge is 0.310 e. The minimum Gasteiger partial charge on any atom is -0.504 e. The summed E-state index contributed by atoms with van der Waals surface area (Å²) in [7, 11) is 1.45. The van der Waals surface area contributed by atoms with Crippen LogP contribution in [0.4, 0.5) is 0 Å². The van der Waals surface area contributed by atoms with Gasteiger partial charge in [-0.1, -0.05) is 56.0 Å². The standard InChI is InChI=1S/C37H39IO9/c1-20(2)35-16-22(4)37-26(33(35)45-36(46-35,47-37)18-23-9-7-6-8-10-23)12-25(17-34(42)29(37)11-21(3)32(34)41)19-44-30(39)15-24-13-27(38)31(40)28(14-24)43-5/h6-14,22,26,29,33,40,42H,1,15-19H2,2-5H3/t22-,26+,29-,33?,34-,35+,36?,37?/m1/s1. The van der Waals surface area contributed by atoms with Gasteiger partial charge in [0.05, 0.1) is 29.1 Å². The number of benzene rings is 2. The molecule has 0 amide bonds. The second kappa shape index (κ2) is 11.3. The first-order valence-corrected chi connectivity index (χ1v) is 17.0. The van der Waals surface area contributed by atoms with Crippen LogP contribution in [0.5, 0.6) is 11.5 Å². The Labute approximate surface area is 287 Å². The average Bonchev–Trinajstić information content (AvgIpc) is 3.33. The Hall–Kier alpha value is -3.03. The molecule has 47 heavy (non-hydrogen) atoms. The molecule has 7 rings (SSSR count). The lowest BCUT2D eigenvalue weighted by Gasteiger charge is -2.59. The number of aliphatic hydroxyl groups is 1. The minimum absolute atomic E-state index is 0.00680. The normalized spacial score (nSPS) is 36.6. The number of Topliss-reactive ketones (excluding diaryl/α,β-unsaturated/α-hetero) is 1. The molecule has 8 atom stereocenters. The second-order valence-corrected chi connectivity index (χ2v) is 15.0. The Morgan fingerprint density at radius 1 is 1.15 bits per heavy atom. The largest absolute Gasteiger partial charge is 0.504 e. The Kier molecular flexibility index (Phi) is 7.79. The molecule has 5 aliphatic rings. The van der Waals surface area contributed by atoms with E-state index in [0.29, 0.717) is 33.1 Å². The van der Waals surface area contributed by atoms with Crippen molar-refractivity contribution in [3.63, 3.8) is 0 Å². The maximum atomic E-state index is 13.8. The lowest BCUT2D eigenvalue weighted by molar-refractivity contribution is -0.421. The van der Waals surface area contributed by atoms with Crippen LogP contribution in [0.15, 0.2) is 77.9 Å². The van der Waals surface area contributed by atoms with Crippen molar-refractivity contribution in [3.05, 3.63) is 92.6 Å². The molecule has 2 aromatic rings. The number of carbonyl (C=O) groups excluding carboxylic acids is 2. The number of carbonyl (C=O) groups is 2. The van der Waals surface area contributed by atoms with Crippen molar-refractivity contribution in [2.75, 3.05) is 13.7 Å². The van der Waals surface area contributed by atoms with Gasteiger partial charge in [-0.2, -0.15) is 0 Å². The van der Waals surface area contributed by atoms with Gasteiger partial charge in [0.25, 0.3) is 5.97 Å². The number of ether oxygens (including phenoxy) is 5. The number of fused-ring (bicyclic) bond motifs is 2. The Morgan fingerprint density at radius 2 is 1.89 bits per heavy atom. The molecule has 248 valence electrons. The van der Waals surface area contributed by atoms with Gasteiger partial charge in [-0.3, -0.25) is 9.59 Å². The molecule has 2 N–H and O–H groups in total. The van der Waals surface area contributed by atoms with Crippen molar-refractivity contribution in [2.45, 2.75) is 75.3 Å². The molecule has 0 aromatic heterocycles. The number of phenols is 1. The molecule has 10 heteroatoms. The van der Waals surface area contributed by atoms with Gasteiger partial charge < -0.3 is 33.9 Å². The highest BCUT2D eigenvalue weighted by Crippen LogP contribution is 2.68. The molecular weight excluding hydrogens is 715 g/mol. The SMILES string of the molecule is C=C(C)[C@@]12C[C@@H](C)C34OC(Cc5ccccc5)(OC1[C@@H]3C=C(COC(=O)Cc1cc(I)c(O)c(OC)c1)C[C@]1(O)C(=O)C(C)=C[C@@H]41)O2. The highest BCUT2D eigenvalue weighted by Gasteiger charge is 2.79. The Balaban J connectivity index is 1.26. The fraction of sp³-hybridized carbons (Fsp3) is 0.459. The van der Waals surface area contributed by atoms with Crippen molar-refractivity contribution in [1.29, 1.82) is 0 Å². The molecule has 2 heterocycles. The van der Waals surface area contributed by atoms with Crippen molar-refractivity contribution in [3.8, 4) is 11.5 Å². The topological polar surface area (TPSA) is 121 Å². The van der Waals surface area contributed by atoms with E-state index in [1.54, 1.807) is 19.1 Å². The number of rotatable bonds is 8. The van der Waals surface area contributed by atoms with E-state index in [1.165, 1.54) is 7.11 Å². The van der Waals surface area contributed by atoms with E-state index in [4.69, 9.17) is 23.7 Å². The van der Waals surface area contributed by atoms with Crippen LogP contribution in [-0.4, -0.2) is 64.6 Å². The Bertz CT molecular complexity index is 1730. The van der Waals surface area contributed by atoms with E-state index in [0.717, 1.165) is 11.1 Å². The van der Waals surface area contributed by atoms with Gasteiger partial charge in [-0.25, -0.2) is 0 Å². The molecule has 1 saturated carbocycles. The zero-order chi connectivity index (χ0) is 33.5. The van der Waals surface area contributed by atoms with Gasteiger partial charge in [0.2, 0.25) is 0 Å². The molecule has 2 aliphatic heterocycles. The predicted octanol–water partition coefficient (Wildman–Crippen LogP) is 5.35. The number of hydrogen-bond acceptors (Lipinski definition) is 9. The first-order chi connectivity index (χ1) is 22.3. The molecule has 3 fully saturated rings. The Morgan fingerprint density at radius 3 is 2.60 bits per heavy atom. The first kappa shape index (κ1) is 32.5. The van der Waals surface area contributed by atoms with Crippen LogP contribution in [0.3, 0.4) is 0 Å². The highest BCUT2D eigenvalue weighted by atomic mass is 127. The summed E-state index contributed by atoms with van der Waals surface area (Å²) in [6, 6.07) is 13.1. The van der Waals surface area contributed by atoms with Crippen LogP contribution in [0, 0.1) is 21.3 Å². The van der Waals surface area contributed by atoms with Crippen molar-refractivity contribution < 1.29 is 43.5 Å². The van der Waals surface area contributed by atoms with E-state index >= 15 is 0 Å². The summed E-state index contributed by atoms with van der Waals surface area (Å²) in [4.78, 5) is 26.9. The zero-order valence-corrected chi connectivity index (χ0v) is 29.0. The van der Waals surface area contributed by atoms with Crippen molar-refractivity contribution >= 4 is 34.3 Å². The van der Waals surface area contributed by atoms with Crippen LogP contribution in [0.25, 0.3) is 0 Å². The van der Waals surface area contributed by atoms with Crippen LogP contribution < -0.4 is 4.74 Å². The zero-order valence-electron chi connectivity index (χ0n) is 26.9. The summed E-state index contributed by atoms with van der Waals surface area (Å²) in [5, 5.41) is 22.6. The van der Waals surface area contributed by atoms with Gasteiger partial charge in [0.1, 0.15) is 23.9 Å². The van der Waals surface area contributed by atoms with Crippen molar-refractivity contribution in [2.24, 2.45) is 17.8 Å². The molecule has 3 aliphatic carbocycles. The number of aromatic hydroxyl groups is 1. The lowest BCUT2D eigenvalue weighted by atomic mass is 9.55. The predicted molar refractivity (Wildman–Crippen MR) is 179 cm³/mol. The summed E-state index contributed by atoms with van der Waals surface area (Å²) >= 11 is 1.98. The molecule has 2 aromatic carbocycles. The number of phenolic OH excluding ortho intramolecular Hbond substituents is 1. The minimum atomic E-state index is -1.81. The summed E-state index contributed by atoms with van der Waals surface area (Å²) in [5.41, 5.74) is -0.244. The van der Waals surface area contributed by atoms with Gasteiger partial charge in [-0.15, -0.1) is 0 Å². The fourth-order valence-electron chi connectivity index (χ4n) is 8.76. The first-order valence-electron chi connectivity index (χ1n) is 15.9.